The van der Waals surface area contributed by atoms with Gasteiger partial charge in [0.15, 0.2) is 0 Å². The lowest BCUT2D eigenvalue weighted by atomic mass is 9.82. The van der Waals surface area contributed by atoms with Crippen molar-refractivity contribution in [3.63, 3.8) is 0 Å². The van der Waals surface area contributed by atoms with Crippen molar-refractivity contribution in [2.24, 2.45) is 5.92 Å². The molecule has 1 aliphatic heterocycles. The highest BCUT2D eigenvalue weighted by Crippen LogP contribution is 2.41. The molecule has 0 aliphatic carbocycles. The van der Waals surface area contributed by atoms with Gasteiger partial charge in [-0.15, -0.1) is 0 Å². The second-order valence-electron chi connectivity index (χ2n) is 5.09. The topological polar surface area (TPSA) is 29.1 Å². The van der Waals surface area contributed by atoms with E-state index in [1.54, 1.807) is 0 Å². The van der Waals surface area contributed by atoms with Crippen LogP contribution in [0.15, 0.2) is 12.1 Å². The Hall–Kier alpha value is -1.31. The average molecular weight is 231 g/mol. The molecule has 0 bridgehead atoms. The lowest BCUT2D eigenvalue weighted by Gasteiger charge is -2.19. The van der Waals surface area contributed by atoms with Crippen molar-refractivity contribution < 1.29 is 4.79 Å². The number of benzene rings is 1. The van der Waals surface area contributed by atoms with Crippen molar-refractivity contribution in [2.45, 2.75) is 46.5 Å². The first-order valence-electron chi connectivity index (χ1n) is 6.50. The van der Waals surface area contributed by atoms with E-state index in [-0.39, 0.29) is 11.8 Å². The van der Waals surface area contributed by atoms with Gasteiger partial charge in [0.05, 0.1) is 5.92 Å². The lowest BCUT2D eigenvalue weighted by molar-refractivity contribution is -0.118. The number of carbonyl (C=O) groups is 1. The number of carbonyl (C=O) groups excluding carboxylic acids is 1. The minimum Gasteiger partial charge on any atom is -0.325 e. The summed E-state index contributed by atoms with van der Waals surface area (Å²) >= 11 is 0. The van der Waals surface area contributed by atoms with Gasteiger partial charge in [0.25, 0.3) is 0 Å². The minimum atomic E-state index is 0.0543. The molecule has 1 N–H and O–H groups in total. The van der Waals surface area contributed by atoms with E-state index in [0.717, 1.165) is 18.5 Å². The fourth-order valence-electron chi connectivity index (χ4n) is 2.99. The summed E-state index contributed by atoms with van der Waals surface area (Å²) in [6, 6.07) is 4.30. The van der Waals surface area contributed by atoms with Crippen molar-refractivity contribution in [1.82, 2.24) is 0 Å². The maximum Gasteiger partial charge on any atom is 0.232 e. The van der Waals surface area contributed by atoms with E-state index in [9.17, 15) is 4.79 Å². The van der Waals surface area contributed by atoms with Gasteiger partial charge in [-0.25, -0.2) is 0 Å². The first kappa shape index (κ1) is 12.2. The molecular weight excluding hydrogens is 210 g/mol. The summed E-state index contributed by atoms with van der Waals surface area (Å²) in [5.41, 5.74) is 4.69. The van der Waals surface area contributed by atoms with Crippen molar-refractivity contribution in [3.05, 3.63) is 28.8 Å². The molecule has 0 spiro atoms. The summed E-state index contributed by atoms with van der Waals surface area (Å²) in [4.78, 5) is 12.1. The van der Waals surface area contributed by atoms with Crippen LogP contribution in [-0.4, -0.2) is 5.91 Å². The number of rotatable bonds is 3. The van der Waals surface area contributed by atoms with Crippen LogP contribution in [0, 0.1) is 19.8 Å². The zero-order valence-electron chi connectivity index (χ0n) is 11.1. The molecule has 1 atom stereocenters. The number of aryl methyl sites for hydroxylation is 2. The van der Waals surface area contributed by atoms with Crippen LogP contribution in [0.5, 0.6) is 0 Å². The highest BCUT2D eigenvalue weighted by atomic mass is 16.2. The quantitative estimate of drug-likeness (QED) is 0.842. The Morgan fingerprint density at radius 1 is 1.24 bits per heavy atom. The van der Waals surface area contributed by atoms with E-state index >= 15 is 0 Å². The number of hydrogen-bond acceptors (Lipinski definition) is 1. The van der Waals surface area contributed by atoms with Gasteiger partial charge in [0.2, 0.25) is 5.91 Å². The third kappa shape index (κ3) is 1.97. The van der Waals surface area contributed by atoms with Gasteiger partial charge < -0.3 is 5.32 Å². The molecule has 0 saturated heterocycles. The molecule has 1 aromatic rings. The third-order valence-corrected chi connectivity index (χ3v) is 3.90. The molecule has 0 fully saturated rings. The van der Waals surface area contributed by atoms with Crippen molar-refractivity contribution in [3.8, 4) is 0 Å². The Bertz CT molecular complexity index is 446. The summed E-state index contributed by atoms with van der Waals surface area (Å²) in [6.07, 6.45) is 2.11. The van der Waals surface area contributed by atoms with Gasteiger partial charge >= 0.3 is 0 Å². The zero-order valence-corrected chi connectivity index (χ0v) is 11.1. The predicted molar refractivity (Wildman–Crippen MR) is 71.4 cm³/mol. The van der Waals surface area contributed by atoms with Crippen molar-refractivity contribution >= 4 is 11.6 Å². The Morgan fingerprint density at radius 3 is 2.47 bits per heavy atom. The van der Waals surface area contributed by atoms with Gasteiger partial charge in [-0.05, 0) is 30.9 Å². The molecule has 92 valence electrons. The van der Waals surface area contributed by atoms with E-state index in [4.69, 9.17) is 0 Å². The van der Waals surface area contributed by atoms with Crippen LogP contribution >= 0.6 is 0 Å². The molecule has 17 heavy (non-hydrogen) atoms. The normalized spacial score (nSPS) is 18.4. The summed E-state index contributed by atoms with van der Waals surface area (Å²) in [6.45, 7) is 8.51. The molecule has 2 nitrogen and oxygen atoms in total. The maximum absolute atomic E-state index is 12.1. The molecule has 1 heterocycles. The van der Waals surface area contributed by atoms with Crippen molar-refractivity contribution in [2.75, 3.05) is 5.32 Å². The fourth-order valence-corrected chi connectivity index (χ4v) is 2.99. The number of amides is 1. The summed E-state index contributed by atoms with van der Waals surface area (Å²) in [7, 11) is 0. The van der Waals surface area contributed by atoms with Gasteiger partial charge in [0.1, 0.15) is 0 Å². The fraction of sp³-hybridized carbons (Fsp3) is 0.533. The molecule has 0 saturated carbocycles. The first-order chi connectivity index (χ1) is 8.08. The zero-order chi connectivity index (χ0) is 12.6. The Balaban J connectivity index is 2.49. The van der Waals surface area contributed by atoms with E-state index in [0.29, 0.717) is 5.92 Å². The van der Waals surface area contributed by atoms with E-state index in [1.807, 2.05) is 0 Å². The Kier molecular flexibility index (Phi) is 3.23. The van der Waals surface area contributed by atoms with E-state index < -0.39 is 0 Å². The largest absolute Gasteiger partial charge is 0.325 e. The molecular formula is C15H21NO. The van der Waals surface area contributed by atoms with Crippen LogP contribution in [0.25, 0.3) is 0 Å². The van der Waals surface area contributed by atoms with Crippen LogP contribution in [0.4, 0.5) is 5.69 Å². The third-order valence-electron chi connectivity index (χ3n) is 3.90. The number of anilines is 1. The smallest absolute Gasteiger partial charge is 0.232 e. The predicted octanol–water partition coefficient (Wildman–Crippen LogP) is 3.78. The molecule has 2 rings (SSSR count). The van der Waals surface area contributed by atoms with E-state index in [2.05, 4.69) is 45.1 Å². The number of fused-ring (bicyclic) bond motifs is 1. The van der Waals surface area contributed by atoms with Gasteiger partial charge in [-0.2, -0.15) is 0 Å². The van der Waals surface area contributed by atoms with Crippen LogP contribution in [0.1, 0.15) is 49.3 Å². The highest BCUT2D eigenvalue weighted by molar-refractivity contribution is 6.04. The standard InChI is InChI=1S/C15H21NO/c1-5-11(6-2)13-12-8-9(3)7-10(4)14(12)16-15(13)17/h7-8,11,13H,5-6H2,1-4H3,(H,16,17). The average Bonchev–Trinajstić information content (AvgIpc) is 2.59. The number of nitrogens with one attached hydrogen (secondary N) is 1. The number of hydrogen-bond donors (Lipinski definition) is 1. The second kappa shape index (κ2) is 4.52. The molecule has 1 amide bonds. The monoisotopic (exact) mass is 231 g/mol. The summed E-state index contributed by atoms with van der Waals surface area (Å²) in [5, 5.41) is 3.05. The molecule has 1 aliphatic rings. The van der Waals surface area contributed by atoms with Gasteiger partial charge in [0, 0.05) is 5.69 Å². The SMILES string of the molecule is CCC(CC)C1C(=O)Nc2c(C)cc(C)cc21. The first-order valence-corrected chi connectivity index (χ1v) is 6.50. The lowest BCUT2D eigenvalue weighted by Crippen LogP contribution is -2.20. The second-order valence-corrected chi connectivity index (χ2v) is 5.09. The van der Waals surface area contributed by atoms with Crippen LogP contribution in [-0.2, 0) is 4.79 Å². The highest BCUT2D eigenvalue weighted by Gasteiger charge is 2.35. The summed E-state index contributed by atoms with van der Waals surface area (Å²) < 4.78 is 0. The van der Waals surface area contributed by atoms with Crippen LogP contribution in [0.2, 0.25) is 0 Å². The van der Waals surface area contributed by atoms with Crippen molar-refractivity contribution in [1.29, 1.82) is 0 Å². The van der Waals surface area contributed by atoms with Crippen LogP contribution in [0.3, 0.4) is 0 Å². The molecule has 2 heteroatoms. The molecule has 1 aromatic carbocycles. The minimum absolute atomic E-state index is 0.0543. The maximum atomic E-state index is 12.1. The molecule has 0 aromatic heterocycles. The molecule has 0 radical (unpaired) electrons. The van der Waals surface area contributed by atoms with Crippen LogP contribution < -0.4 is 5.32 Å². The molecule has 1 unspecified atom stereocenters. The van der Waals surface area contributed by atoms with Gasteiger partial charge in [-0.1, -0.05) is 44.4 Å². The summed E-state index contributed by atoms with van der Waals surface area (Å²) in [5.74, 6) is 0.693. The Morgan fingerprint density at radius 2 is 1.88 bits per heavy atom. The van der Waals surface area contributed by atoms with Gasteiger partial charge in [-0.3, -0.25) is 4.79 Å². The van der Waals surface area contributed by atoms with E-state index in [1.165, 1.54) is 16.7 Å². The Labute approximate surface area is 103 Å².